The van der Waals surface area contributed by atoms with Crippen molar-refractivity contribution in [2.75, 3.05) is 6.54 Å². The van der Waals surface area contributed by atoms with Gasteiger partial charge in [0.2, 0.25) is 0 Å². The van der Waals surface area contributed by atoms with Gasteiger partial charge < -0.3 is 5.32 Å². The summed E-state index contributed by atoms with van der Waals surface area (Å²) in [6.07, 6.45) is 4.98. The van der Waals surface area contributed by atoms with Gasteiger partial charge in [0.15, 0.2) is 0 Å². The van der Waals surface area contributed by atoms with E-state index in [-0.39, 0.29) is 0 Å². The minimum absolute atomic E-state index is 0.458. The minimum atomic E-state index is 0.458. The number of thiophene rings is 1. The Hall–Kier alpha value is -1.12. The van der Waals surface area contributed by atoms with Gasteiger partial charge in [-0.3, -0.25) is 0 Å². The van der Waals surface area contributed by atoms with Crippen molar-refractivity contribution in [3.05, 3.63) is 56.8 Å². The summed E-state index contributed by atoms with van der Waals surface area (Å²) >= 11 is 1.88. The molecule has 0 fully saturated rings. The average Bonchev–Trinajstić information content (AvgIpc) is 3.06. The molecule has 1 aromatic carbocycles. The summed E-state index contributed by atoms with van der Waals surface area (Å²) in [6.45, 7) is 5.43. The Balaban J connectivity index is 1.81. The van der Waals surface area contributed by atoms with Crippen LogP contribution < -0.4 is 5.32 Å². The first-order chi connectivity index (χ1) is 9.78. The van der Waals surface area contributed by atoms with Gasteiger partial charge in [0.25, 0.3) is 0 Å². The molecule has 20 heavy (non-hydrogen) atoms. The summed E-state index contributed by atoms with van der Waals surface area (Å²) in [5, 5.41) is 5.86. The van der Waals surface area contributed by atoms with Crippen LogP contribution in [-0.2, 0) is 19.3 Å². The molecule has 2 heteroatoms. The molecule has 1 aliphatic carbocycles. The third-order valence-electron chi connectivity index (χ3n) is 4.27. The first kappa shape index (κ1) is 13.8. The topological polar surface area (TPSA) is 12.0 Å². The number of nitrogens with one attached hydrogen (secondary N) is 1. The van der Waals surface area contributed by atoms with Crippen LogP contribution >= 0.6 is 11.3 Å². The predicted molar refractivity (Wildman–Crippen MR) is 87.6 cm³/mol. The van der Waals surface area contributed by atoms with E-state index in [0.29, 0.717) is 6.04 Å². The van der Waals surface area contributed by atoms with E-state index in [1.165, 1.54) is 35.3 Å². The van der Waals surface area contributed by atoms with Crippen molar-refractivity contribution in [2.45, 2.75) is 45.6 Å². The average molecular weight is 285 g/mol. The number of fused-ring (bicyclic) bond motifs is 1. The molecule has 0 saturated carbocycles. The summed E-state index contributed by atoms with van der Waals surface area (Å²) < 4.78 is 0. The van der Waals surface area contributed by atoms with E-state index in [2.05, 4.69) is 48.8 Å². The summed E-state index contributed by atoms with van der Waals surface area (Å²) in [5.74, 6) is 0. The van der Waals surface area contributed by atoms with Crippen molar-refractivity contribution in [3.8, 4) is 0 Å². The molecule has 106 valence electrons. The van der Waals surface area contributed by atoms with Gasteiger partial charge in [-0.25, -0.2) is 0 Å². The standard InChI is InChI=1S/C18H23NS/c1-3-19-17(18-13(2)9-10-20-18)12-14-7-8-15-5-4-6-16(15)11-14/h7-11,17,19H,3-6,12H2,1-2H3. The quantitative estimate of drug-likeness (QED) is 0.856. The van der Waals surface area contributed by atoms with Crippen molar-refractivity contribution in [3.63, 3.8) is 0 Å². The molecule has 0 spiro atoms. The highest BCUT2D eigenvalue weighted by molar-refractivity contribution is 7.10. The monoisotopic (exact) mass is 285 g/mol. The highest BCUT2D eigenvalue weighted by Crippen LogP contribution is 2.29. The SMILES string of the molecule is CCNC(Cc1ccc2c(c1)CCC2)c1sccc1C. The molecule has 1 atom stereocenters. The number of rotatable bonds is 5. The van der Waals surface area contributed by atoms with Crippen LogP contribution in [-0.4, -0.2) is 6.54 Å². The van der Waals surface area contributed by atoms with Crippen LogP contribution in [0.3, 0.4) is 0 Å². The minimum Gasteiger partial charge on any atom is -0.309 e. The van der Waals surface area contributed by atoms with Crippen LogP contribution in [0.1, 0.15) is 46.5 Å². The molecule has 1 unspecified atom stereocenters. The third-order valence-corrected chi connectivity index (χ3v) is 5.40. The van der Waals surface area contributed by atoms with E-state index in [0.717, 1.165) is 13.0 Å². The molecule has 1 N–H and O–H groups in total. The molecule has 3 rings (SSSR count). The van der Waals surface area contributed by atoms with Gasteiger partial charge in [-0.2, -0.15) is 0 Å². The zero-order chi connectivity index (χ0) is 13.9. The molecular weight excluding hydrogens is 262 g/mol. The Kier molecular flexibility index (Phi) is 4.23. The maximum absolute atomic E-state index is 3.65. The van der Waals surface area contributed by atoms with Gasteiger partial charge in [-0.05, 0) is 72.9 Å². The summed E-state index contributed by atoms with van der Waals surface area (Å²) in [4.78, 5) is 1.49. The first-order valence-corrected chi connectivity index (χ1v) is 8.54. The lowest BCUT2D eigenvalue weighted by Crippen LogP contribution is -2.22. The Morgan fingerprint density at radius 3 is 2.80 bits per heavy atom. The van der Waals surface area contributed by atoms with Crippen LogP contribution in [0.15, 0.2) is 29.6 Å². The maximum atomic E-state index is 3.65. The summed E-state index contributed by atoms with van der Waals surface area (Å²) in [6, 6.07) is 9.81. The van der Waals surface area contributed by atoms with Gasteiger partial charge in [0.1, 0.15) is 0 Å². The molecule has 0 aliphatic heterocycles. The molecule has 1 nitrogen and oxygen atoms in total. The number of hydrogen-bond acceptors (Lipinski definition) is 2. The Morgan fingerprint density at radius 1 is 1.20 bits per heavy atom. The van der Waals surface area contributed by atoms with Crippen molar-refractivity contribution in [2.24, 2.45) is 0 Å². The van der Waals surface area contributed by atoms with E-state index >= 15 is 0 Å². The largest absolute Gasteiger partial charge is 0.309 e. The second-order valence-corrected chi connectivity index (χ2v) is 6.69. The van der Waals surface area contributed by atoms with E-state index < -0.39 is 0 Å². The van der Waals surface area contributed by atoms with Crippen LogP contribution in [0.2, 0.25) is 0 Å². The lowest BCUT2D eigenvalue weighted by atomic mass is 9.99. The summed E-state index contributed by atoms with van der Waals surface area (Å²) in [5.41, 5.74) is 6.05. The van der Waals surface area contributed by atoms with E-state index in [4.69, 9.17) is 0 Å². The molecule has 1 aromatic heterocycles. The number of likely N-dealkylation sites (N-methyl/N-ethyl adjacent to an activating group) is 1. The molecule has 0 bridgehead atoms. The molecule has 2 aromatic rings. The van der Waals surface area contributed by atoms with E-state index in [9.17, 15) is 0 Å². The van der Waals surface area contributed by atoms with Crippen LogP contribution in [0.25, 0.3) is 0 Å². The summed E-state index contributed by atoms with van der Waals surface area (Å²) in [7, 11) is 0. The lowest BCUT2D eigenvalue weighted by molar-refractivity contribution is 0.556. The van der Waals surface area contributed by atoms with Crippen LogP contribution in [0, 0.1) is 6.92 Å². The van der Waals surface area contributed by atoms with E-state index in [1.54, 1.807) is 11.1 Å². The van der Waals surface area contributed by atoms with Crippen molar-refractivity contribution in [1.82, 2.24) is 5.32 Å². The molecule has 0 saturated heterocycles. The van der Waals surface area contributed by atoms with Crippen molar-refractivity contribution >= 4 is 11.3 Å². The van der Waals surface area contributed by atoms with Gasteiger partial charge >= 0.3 is 0 Å². The molecule has 0 amide bonds. The molecular formula is C18H23NS. The fourth-order valence-corrected chi connectivity index (χ4v) is 4.24. The lowest BCUT2D eigenvalue weighted by Gasteiger charge is -2.18. The first-order valence-electron chi connectivity index (χ1n) is 7.66. The van der Waals surface area contributed by atoms with Crippen molar-refractivity contribution < 1.29 is 0 Å². The molecule has 0 radical (unpaired) electrons. The normalized spacial score (nSPS) is 15.3. The van der Waals surface area contributed by atoms with Crippen LogP contribution in [0.5, 0.6) is 0 Å². The second-order valence-electron chi connectivity index (χ2n) is 5.74. The van der Waals surface area contributed by atoms with Gasteiger partial charge in [0, 0.05) is 10.9 Å². The Labute approximate surface area is 126 Å². The fourth-order valence-electron chi connectivity index (χ4n) is 3.23. The number of benzene rings is 1. The zero-order valence-corrected chi connectivity index (χ0v) is 13.2. The van der Waals surface area contributed by atoms with Gasteiger partial charge in [-0.15, -0.1) is 11.3 Å². The Morgan fingerprint density at radius 2 is 2.05 bits per heavy atom. The van der Waals surface area contributed by atoms with Crippen molar-refractivity contribution in [1.29, 1.82) is 0 Å². The highest BCUT2D eigenvalue weighted by atomic mass is 32.1. The third kappa shape index (κ3) is 2.82. The number of hydrogen-bond donors (Lipinski definition) is 1. The van der Waals surface area contributed by atoms with Gasteiger partial charge in [0.05, 0.1) is 0 Å². The fraction of sp³-hybridized carbons (Fsp3) is 0.444. The van der Waals surface area contributed by atoms with E-state index in [1.807, 2.05) is 11.3 Å². The molecule has 1 heterocycles. The number of aryl methyl sites for hydroxylation is 3. The predicted octanol–water partition coefficient (Wildman–Crippen LogP) is 4.44. The van der Waals surface area contributed by atoms with Crippen LogP contribution in [0.4, 0.5) is 0 Å². The maximum Gasteiger partial charge on any atom is 0.0458 e. The second kappa shape index (κ2) is 6.11. The molecule has 1 aliphatic rings. The highest BCUT2D eigenvalue weighted by Gasteiger charge is 2.16. The zero-order valence-electron chi connectivity index (χ0n) is 12.4. The Bertz CT molecular complexity index is 585. The van der Waals surface area contributed by atoms with Gasteiger partial charge in [-0.1, -0.05) is 25.1 Å². The smallest absolute Gasteiger partial charge is 0.0458 e.